The molecule has 1 aromatic heterocycles. The number of hydrogen-bond donors (Lipinski definition) is 1. The number of halogens is 1. The summed E-state index contributed by atoms with van der Waals surface area (Å²) in [6, 6.07) is 3.56. The predicted octanol–water partition coefficient (Wildman–Crippen LogP) is 3.51. The van der Waals surface area contributed by atoms with Crippen LogP contribution in [0.1, 0.15) is 45.1 Å². The van der Waals surface area contributed by atoms with Gasteiger partial charge in [0.1, 0.15) is 5.15 Å². The van der Waals surface area contributed by atoms with Crippen molar-refractivity contribution in [1.29, 1.82) is 0 Å². The van der Waals surface area contributed by atoms with Crippen LogP contribution in [0.15, 0.2) is 40.9 Å². The normalized spacial score (nSPS) is 22.4. The standard InChI is InChI=1S/C19H21ClN2O3/c1-10-14(18(24)25-4)15(11-6-5-7-21-17(11)20)16-12(22-10)8-19(2,3)9-13(16)23/h5-7,15,22H,8-9H2,1-4H3/t15-/m0/s1. The summed E-state index contributed by atoms with van der Waals surface area (Å²) in [7, 11) is 1.33. The SMILES string of the molecule is COC(=O)C1=C(C)NC2=C(C(=O)CC(C)(C)C2)[C@H]1c1cccnc1Cl. The van der Waals surface area contributed by atoms with E-state index in [0.29, 0.717) is 28.8 Å². The van der Waals surface area contributed by atoms with E-state index in [4.69, 9.17) is 16.3 Å². The minimum Gasteiger partial charge on any atom is -0.466 e. The van der Waals surface area contributed by atoms with Gasteiger partial charge in [0, 0.05) is 35.1 Å². The summed E-state index contributed by atoms with van der Waals surface area (Å²) in [6.07, 6.45) is 2.74. The molecule has 1 N–H and O–H groups in total. The molecule has 0 amide bonds. The summed E-state index contributed by atoms with van der Waals surface area (Å²) in [5.41, 5.74) is 3.06. The highest BCUT2D eigenvalue weighted by molar-refractivity contribution is 6.30. The maximum Gasteiger partial charge on any atom is 0.336 e. The molecule has 5 nitrogen and oxygen atoms in total. The number of ketones is 1. The number of esters is 1. The summed E-state index contributed by atoms with van der Waals surface area (Å²) in [5.74, 6) is -1.01. The molecule has 1 aliphatic carbocycles. The molecule has 25 heavy (non-hydrogen) atoms. The van der Waals surface area contributed by atoms with E-state index in [1.165, 1.54) is 7.11 Å². The van der Waals surface area contributed by atoms with Gasteiger partial charge < -0.3 is 10.1 Å². The second kappa shape index (κ2) is 6.30. The van der Waals surface area contributed by atoms with Crippen LogP contribution in [0.4, 0.5) is 0 Å². The van der Waals surface area contributed by atoms with Gasteiger partial charge in [-0.25, -0.2) is 9.78 Å². The lowest BCUT2D eigenvalue weighted by molar-refractivity contribution is -0.136. The molecule has 0 saturated carbocycles. The molecule has 2 heterocycles. The number of aromatic nitrogens is 1. The van der Waals surface area contributed by atoms with Crippen LogP contribution in [0.5, 0.6) is 0 Å². The van der Waals surface area contributed by atoms with Gasteiger partial charge >= 0.3 is 5.97 Å². The van der Waals surface area contributed by atoms with Crippen LogP contribution in [0.2, 0.25) is 5.15 Å². The van der Waals surface area contributed by atoms with E-state index < -0.39 is 11.9 Å². The Kier molecular flexibility index (Phi) is 4.45. The Balaban J connectivity index is 2.24. The van der Waals surface area contributed by atoms with Gasteiger partial charge in [0.15, 0.2) is 5.78 Å². The van der Waals surface area contributed by atoms with E-state index in [1.54, 1.807) is 18.3 Å². The van der Waals surface area contributed by atoms with Crippen molar-refractivity contribution in [3.8, 4) is 0 Å². The van der Waals surface area contributed by atoms with Gasteiger partial charge in [-0.3, -0.25) is 4.79 Å². The first-order valence-corrected chi connectivity index (χ1v) is 8.55. The summed E-state index contributed by atoms with van der Waals surface area (Å²) in [6.45, 7) is 5.95. The number of hydrogen-bond acceptors (Lipinski definition) is 5. The highest BCUT2D eigenvalue weighted by Crippen LogP contribution is 2.47. The molecule has 1 atom stereocenters. The van der Waals surface area contributed by atoms with Crippen LogP contribution in [0.25, 0.3) is 0 Å². The molecule has 2 aliphatic rings. The average Bonchev–Trinajstić information content (AvgIpc) is 2.52. The second-order valence-electron chi connectivity index (χ2n) is 7.30. The predicted molar refractivity (Wildman–Crippen MR) is 94.9 cm³/mol. The van der Waals surface area contributed by atoms with E-state index in [0.717, 1.165) is 12.1 Å². The van der Waals surface area contributed by atoms with Crippen molar-refractivity contribution >= 4 is 23.4 Å². The van der Waals surface area contributed by atoms with Crippen molar-refractivity contribution < 1.29 is 14.3 Å². The third-order valence-electron chi connectivity index (χ3n) is 4.74. The van der Waals surface area contributed by atoms with Crippen molar-refractivity contribution in [2.45, 2.75) is 39.5 Å². The summed E-state index contributed by atoms with van der Waals surface area (Å²) in [4.78, 5) is 29.6. The van der Waals surface area contributed by atoms with E-state index in [2.05, 4.69) is 24.1 Å². The Bertz CT molecular complexity index is 824. The molecule has 1 aliphatic heterocycles. The molecule has 0 bridgehead atoms. The minimum atomic E-state index is -0.562. The fourth-order valence-corrected chi connectivity index (χ4v) is 3.97. The number of pyridine rings is 1. The zero-order chi connectivity index (χ0) is 18.4. The van der Waals surface area contributed by atoms with Crippen LogP contribution >= 0.6 is 11.6 Å². The summed E-state index contributed by atoms with van der Waals surface area (Å²) >= 11 is 6.31. The maximum atomic E-state index is 13.0. The highest BCUT2D eigenvalue weighted by atomic mass is 35.5. The number of nitrogens with zero attached hydrogens (tertiary/aromatic N) is 1. The Morgan fingerprint density at radius 3 is 2.76 bits per heavy atom. The number of ether oxygens (including phenoxy) is 1. The Hall–Kier alpha value is -2.14. The van der Waals surface area contributed by atoms with Gasteiger partial charge in [-0.15, -0.1) is 0 Å². The fourth-order valence-electron chi connectivity index (χ4n) is 3.74. The van der Waals surface area contributed by atoms with E-state index >= 15 is 0 Å². The third kappa shape index (κ3) is 3.09. The van der Waals surface area contributed by atoms with E-state index in [1.807, 2.05) is 6.92 Å². The Morgan fingerprint density at radius 1 is 1.40 bits per heavy atom. The lowest BCUT2D eigenvalue weighted by Crippen LogP contribution is -2.38. The minimum absolute atomic E-state index is 0.0255. The van der Waals surface area contributed by atoms with Gasteiger partial charge in [-0.05, 0) is 24.8 Å². The van der Waals surface area contributed by atoms with Gasteiger partial charge in [0.2, 0.25) is 0 Å². The summed E-state index contributed by atoms with van der Waals surface area (Å²) < 4.78 is 4.97. The molecule has 0 spiro atoms. The third-order valence-corrected chi connectivity index (χ3v) is 5.06. The Labute approximate surface area is 152 Å². The molecule has 3 rings (SSSR count). The topological polar surface area (TPSA) is 68.3 Å². The van der Waals surface area contributed by atoms with Crippen LogP contribution < -0.4 is 5.32 Å². The molecule has 0 radical (unpaired) electrons. The number of nitrogens with one attached hydrogen (secondary N) is 1. The zero-order valence-corrected chi connectivity index (χ0v) is 15.5. The maximum absolute atomic E-state index is 13.0. The number of carbonyl (C=O) groups is 2. The zero-order valence-electron chi connectivity index (χ0n) is 14.8. The number of rotatable bonds is 2. The molecule has 6 heteroatoms. The first-order valence-electron chi connectivity index (χ1n) is 8.18. The second-order valence-corrected chi connectivity index (χ2v) is 7.66. The molecule has 0 unspecified atom stereocenters. The van der Waals surface area contributed by atoms with Crippen molar-refractivity contribution in [2.75, 3.05) is 7.11 Å². The fraction of sp³-hybridized carbons (Fsp3) is 0.421. The van der Waals surface area contributed by atoms with Crippen molar-refractivity contribution in [1.82, 2.24) is 10.3 Å². The summed E-state index contributed by atoms with van der Waals surface area (Å²) in [5, 5.41) is 3.55. The van der Waals surface area contributed by atoms with E-state index in [-0.39, 0.29) is 16.4 Å². The lowest BCUT2D eigenvalue weighted by atomic mass is 9.69. The Morgan fingerprint density at radius 2 is 2.12 bits per heavy atom. The highest BCUT2D eigenvalue weighted by Gasteiger charge is 2.43. The smallest absolute Gasteiger partial charge is 0.336 e. The van der Waals surface area contributed by atoms with Crippen molar-refractivity contribution in [3.05, 3.63) is 51.6 Å². The van der Waals surface area contributed by atoms with Crippen molar-refractivity contribution in [2.24, 2.45) is 5.41 Å². The van der Waals surface area contributed by atoms with Gasteiger partial charge in [-0.2, -0.15) is 0 Å². The number of methoxy groups -OCH3 is 1. The number of allylic oxidation sites excluding steroid dienone is 3. The molecule has 132 valence electrons. The molecule has 0 saturated heterocycles. The first kappa shape index (κ1) is 17.7. The number of Topliss-reactive ketones (excluding diaryl/α,β-unsaturated/α-hetero) is 1. The number of dihydropyridines is 1. The van der Waals surface area contributed by atoms with E-state index in [9.17, 15) is 9.59 Å². The monoisotopic (exact) mass is 360 g/mol. The average molecular weight is 361 g/mol. The lowest BCUT2D eigenvalue weighted by Gasteiger charge is -2.39. The quantitative estimate of drug-likeness (QED) is 0.645. The van der Waals surface area contributed by atoms with Gasteiger partial charge in [0.25, 0.3) is 0 Å². The van der Waals surface area contributed by atoms with Crippen LogP contribution in [-0.4, -0.2) is 23.8 Å². The molecule has 1 aromatic rings. The molecule has 0 aromatic carbocycles. The van der Waals surface area contributed by atoms with Gasteiger partial charge in [0.05, 0.1) is 18.6 Å². The van der Waals surface area contributed by atoms with Crippen LogP contribution in [-0.2, 0) is 14.3 Å². The van der Waals surface area contributed by atoms with Crippen molar-refractivity contribution in [3.63, 3.8) is 0 Å². The van der Waals surface area contributed by atoms with Crippen LogP contribution in [0, 0.1) is 5.41 Å². The number of carbonyl (C=O) groups excluding carboxylic acids is 2. The van der Waals surface area contributed by atoms with Gasteiger partial charge in [-0.1, -0.05) is 31.5 Å². The molecular weight excluding hydrogens is 340 g/mol. The largest absolute Gasteiger partial charge is 0.466 e. The van der Waals surface area contributed by atoms with Crippen LogP contribution in [0.3, 0.4) is 0 Å². The molecular formula is C19H21ClN2O3. The molecule has 0 fully saturated rings. The first-order chi connectivity index (χ1) is 11.7.